The number of aliphatic hydroxyl groups is 1. The van der Waals surface area contributed by atoms with Crippen molar-refractivity contribution in [2.24, 2.45) is 5.92 Å². The molecule has 1 aliphatic carbocycles. The molecule has 2 aromatic heterocycles. The molecule has 2 bridgehead atoms. The number of aromatic hydroxyl groups is 1. The number of phenolic OH excluding ortho intramolecular Hbond substituents is 1. The van der Waals surface area contributed by atoms with E-state index in [0.29, 0.717) is 42.7 Å². The molecule has 0 amide bonds. The molecule has 0 spiro atoms. The van der Waals surface area contributed by atoms with Gasteiger partial charge in [-0.05, 0) is 55.1 Å². The number of piperidine rings is 1. The molecule has 4 aliphatic rings. The molecule has 8 rings (SSSR count). The molecule has 2 aromatic carbocycles. The normalized spacial score (nSPS) is 29.2. The van der Waals surface area contributed by atoms with Crippen LogP contribution in [0.5, 0.6) is 11.8 Å². The van der Waals surface area contributed by atoms with Gasteiger partial charge in [0.1, 0.15) is 35.6 Å². The first-order chi connectivity index (χ1) is 19.9. The first-order valence-corrected chi connectivity index (χ1v) is 14.4. The van der Waals surface area contributed by atoms with E-state index in [1.807, 2.05) is 24.3 Å². The van der Waals surface area contributed by atoms with Crippen LogP contribution in [-0.2, 0) is 0 Å². The van der Waals surface area contributed by atoms with Crippen molar-refractivity contribution < 1.29 is 23.7 Å². The number of alkyl halides is 1. The number of ether oxygens (including phenoxy) is 1. The van der Waals surface area contributed by atoms with E-state index in [1.54, 1.807) is 12.3 Å². The maximum atomic E-state index is 16.5. The largest absolute Gasteiger partial charge is 0.508 e. The lowest BCUT2D eigenvalue weighted by Crippen LogP contribution is -2.43. The molecule has 3 unspecified atom stereocenters. The number of phenols is 1. The summed E-state index contributed by atoms with van der Waals surface area (Å²) >= 11 is 0. The molecule has 3 saturated heterocycles. The molecule has 3 aliphatic heterocycles. The number of nitrogens with zero attached hydrogens (tertiary/aromatic N) is 5. The summed E-state index contributed by atoms with van der Waals surface area (Å²) in [4.78, 5) is 18.2. The van der Waals surface area contributed by atoms with E-state index in [2.05, 4.69) is 19.8 Å². The minimum atomic E-state index is -0.887. The highest BCUT2D eigenvalue weighted by Crippen LogP contribution is 2.44. The third-order valence-electron chi connectivity index (χ3n) is 9.75. The lowest BCUT2D eigenvalue weighted by molar-refractivity contribution is 0.107. The predicted octanol–water partition coefficient (Wildman–Crippen LogP) is 4.60. The van der Waals surface area contributed by atoms with Gasteiger partial charge in [0.05, 0.1) is 17.0 Å². The van der Waals surface area contributed by atoms with E-state index in [4.69, 9.17) is 9.72 Å². The van der Waals surface area contributed by atoms with Crippen molar-refractivity contribution in [1.82, 2.24) is 19.9 Å². The summed E-state index contributed by atoms with van der Waals surface area (Å²) < 4.78 is 37.1. The Morgan fingerprint density at radius 3 is 2.80 bits per heavy atom. The number of hydrogen-bond donors (Lipinski definition) is 2. The number of fused-ring (bicyclic) bond motifs is 5. The van der Waals surface area contributed by atoms with Crippen molar-refractivity contribution in [2.45, 2.75) is 56.0 Å². The fraction of sp³-hybridized carbons (Fsp3) is 0.452. The molecule has 4 aromatic rings. The second kappa shape index (κ2) is 9.19. The van der Waals surface area contributed by atoms with Gasteiger partial charge < -0.3 is 19.8 Å². The van der Waals surface area contributed by atoms with Crippen molar-refractivity contribution in [3.8, 4) is 23.0 Å². The van der Waals surface area contributed by atoms with E-state index in [9.17, 15) is 14.6 Å². The monoisotopic (exact) mass is 559 g/mol. The third-order valence-corrected chi connectivity index (χ3v) is 9.75. The van der Waals surface area contributed by atoms with Crippen molar-refractivity contribution in [3.05, 3.63) is 48.4 Å². The molecular formula is C31H31F2N5O3. The van der Waals surface area contributed by atoms with Crippen LogP contribution in [0.25, 0.3) is 32.9 Å². The number of benzene rings is 2. The van der Waals surface area contributed by atoms with E-state index >= 15 is 4.39 Å². The van der Waals surface area contributed by atoms with E-state index in [0.717, 1.165) is 36.6 Å². The number of halogens is 2. The highest BCUT2D eigenvalue weighted by molar-refractivity contribution is 6.00. The lowest BCUT2D eigenvalue weighted by atomic mass is 9.95. The van der Waals surface area contributed by atoms with Gasteiger partial charge in [-0.2, -0.15) is 9.97 Å². The zero-order valence-electron chi connectivity index (χ0n) is 22.5. The zero-order chi connectivity index (χ0) is 27.9. The van der Waals surface area contributed by atoms with Gasteiger partial charge in [-0.15, -0.1) is 0 Å². The summed E-state index contributed by atoms with van der Waals surface area (Å²) in [5.41, 5.74) is 0.236. The molecule has 8 nitrogen and oxygen atoms in total. The predicted molar refractivity (Wildman–Crippen MR) is 150 cm³/mol. The van der Waals surface area contributed by atoms with Crippen molar-refractivity contribution >= 4 is 27.5 Å². The van der Waals surface area contributed by atoms with E-state index in [-0.39, 0.29) is 47.6 Å². The average Bonchev–Trinajstić information content (AvgIpc) is 3.71. The standard InChI is InChI=1S/C31H31F2N5O3/c32-19-12-31(6-3-7-37(31)15-19)16-41-30-35-28-24(29(36-30)38-14-18-8-20(38)10-25(18)40)13-34-27(26(28)33)23-11-21(39)9-17-4-1-2-5-22(17)23/h1-2,4-5,9,11,13,18-20,25,39-40H,3,6-8,10,12,14-16H2/t18?,19-,20?,25?,31+/m1/s1. The van der Waals surface area contributed by atoms with Crippen molar-refractivity contribution in [2.75, 3.05) is 31.1 Å². The number of hydrogen-bond acceptors (Lipinski definition) is 8. The van der Waals surface area contributed by atoms with Gasteiger partial charge in [0.25, 0.3) is 0 Å². The van der Waals surface area contributed by atoms with Crippen LogP contribution < -0.4 is 9.64 Å². The first-order valence-electron chi connectivity index (χ1n) is 14.4. The van der Waals surface area contributed by atoms with Crippen LogP contribution in [0.15, 0.2) is 42.6 Å². The molecule has 5 atom stereocenters. The van der Waals surface area contributed by atoms with Gasteiger partial charge in [-0.25, -0.2) is 8.78 Å². The second-order valence-corrected chi connectivity index (χ2v) is 12.2. The maximum Gasteiger partial charge on any atom is 0.319 e. The molecule has 1 saturated carbocycles. The minimum absolute atomic E-state index is 0.0159. The molecular weight excluding hydrogens is 528 g/mol. The Bertz CT molecular complexity index is 1690. The third kappa shape index (κ3) is 3.94. The Kier molecular flexibility index (Phi) is 5.63. The topological polar surface area (TPSA) is 94.8 Å². The molecule has 0 radical (unpaired) electrons. The molecule has 41 heavy (non-hydrogen) atoms. The van der Waals surface area contributed by atoms with Crippen LogP contribution in [0.2, 0.25) is 0 Å². The molecule has 2 N–H and O–H groups in total. The van der Waals surface area contributed by atoms with Gasteiger partial charge in [0.15, 0.2) is 5.82 Å². The highest BCUT2D eigenvalue weighted by Gasteiger charge is 2.50. The lowest BCUT2D eigenvalue weighted by Gasteiger charge is -2.32. The highest BCUT2D eigenvalue weighted by atomic mass is 19.1. The van der Waals surface area contributed by atoms with Gasteiger partial charge >= 0.3 is 6.01 Å². The molecule has 4 fully saturated rings. The SMILES string of the molecule is Oc1cc(-c2ncc3c(N4CC5CC4CC5O)nc(OC[C@@]45CCCN4C[C@H](F)C5)nc3c2F)c2ccccc2c1. The summed E-state index contributed by atoms with van der Waals surface area (Å²) in [6.45, 7) is 2.10. The summed E-state index contributed by atoms with van der Waals surface area (Å²) in [5, 5.41) is 22.8. The first kappa shape index (κ1) is 25.1. The fourth-order valence-electron chi connectivity index (χ4n) is 7.82. The second-order valence-electron chi connectivity index (χ2n) is 12.2. The molecule has 5 heterocycles. The Labute approximate surface area is 235 Å². The molecule has 10 heteroatoms. The van der Waals surface area contributed by atoms with E-state index < -0.39 is 17.5 Å². The Hall–Kier alpha value is -3.63. The molecule has 212 valence electrons. The average molecular weight is 560 g/mol. The summed E-state index contributed by atoms with van der Waals surface area (Å²) in [7, 11) is 0. The number of pyridine rings is 1. The number of rotatable bonds is 5. The summed E-state index contributed by atoms with van der Waals surface area (Å²) in [5.74, 6) is 0.0679. The Morgan fingerprint density at radius 1 is 1.10 bits per heavy atom. The van der Waals surface area contributed by atoms with Gasteiger partial charge in [-0.1, -0.05) is 24.3 Å². The number of aromatic nitrogens is 3. The van der Waals surface area contributed by atoms with Crippen LogP contribution in [0.1, 0.15) is 32.1 Å². The van der Waals surface area contributed by atoms with Crippen LogP contribution >= 0.6 is 0 Å². The van der Waals surface area contributed by atoms with Crippen molar-refractivity contribution in [3.63, 3.8) is 0 Å². The Balaban J connectivity index is 1.25. The Morgan fingerprint density at radius 2 is 1.98 bits per heavy atom. The van der Waals surface area contributed by atoms with Gasteiger partial charge in [-0.3, -0.25) is 9.88 Å². The van der Waals surface area contributed by atoms with Gasteiger partial charge in [0.2, 0.25) is 0 Å². The fourth-order valence-corrected chi connectivity index (χ4v) is 7.82. The smallest absolute Gasteiger partial charge is 0.319 e. The quantitative estimate of drug-likeness (QED) is 0.366. The zero-order valence-corrected chi connectivity index (χ0v) is 22.5. The number of aliphatic hydroxyl groups excluding tert-OH is 1. The van der Waals surface area contributed by atoms with Crippen LogP contribution in [0.4, 0.5) is 14.6 Å². The van der Waals surface area contributed by atoms with Crippen LogP contribution in [0.3, 0.4) is 0 Å². The summed E-state index contributed by atoms with van der Waals surface area (Å²) in [6, 6.07) is 10.7. The van der Waals surface area contributed by atoms with Crippen molar-refractivity contribution in [1.29, 1.82) is 0 Å². The summed E-state index contributed by atoms with van der Waals surface area (Å²) in [6.07, 6.45) is 4.08. The van der Waals surface area contributed by atoms with Crippen LogP contribution in [-0.4, -0.2) is 80.2 Å². The maximum absolute atomic E-state index is 16.5. The number of anilines is 1. The van der Waals surface area contributed by atoms with Crippen LogP contribution in [0, 0.1) is 11.7 Å². The van der Waals surface area contributed by atoms with Gasteiger partial charge in [0, 0.05) is 43.2 Å². The van der Waals surface area contributed by atoms with E-state index in [1.165, 1.54) is 6.07 Å². The minimum Gasteiger partial charge on any atom is -0.508 e.